The first-order valence-corrected chi connectivity index (χ1v) is 5.28. The average molecular weight is 170 g/mol. The molecule has 0 aromatic carbocycles. The molecule has 0 aliphatic carbocycles. The molecule has 1 unspecified atom stereocenters. The molecule has 72 valence electrons. The molecule has 1 nitrogen and oxygen atoms in total. The van der Waals surface area contributed by atoms with Crippen molar-refractivity contribution in [1.82, 2.24) is 0 Å². The summed E-state index contributed by atoms with van der Waals surface area (Å²) in [5.41, 5.74) is 0. The van der Waals surface area contributed by atoms with Crippen LogP contribution in [0.25, 0.3) is 0 Å². The Hall–Kier alpha value is -0.330. The van der Waals surface area contributed by atoms with Gasteiger partial charge in [-0.2, -0.15) is 0 Å². The maximum absolute atomic E-state index is 10.2. The summed E-state index contributed by atoms with van der Waals surface area (Å²) in [5, 5.41) is 0. The van der Waals surface area contributed by atoms with Crippen molar-refractivity contribution in [2.75, 3.05) is 0 Å². The van der Waals surface area contributed by atoms with Crippen LogP contribution in [-0.4, -0.2) is 6.29 Å². The van der Waals surface area contributed by atoms with Gasteiger partial charge in [-0.15, -0.1) is 0 Å². The normalized spacial score (nSPS) is 12.8. The predicted octanol–water partition coefficient (Wildman–Crippen LogP) is 3.57. The second-order valence-electron chi connectivity index (χ2n) is 3.51. The van der Waals surface area contributed by atoms with Crippen LogP contribution in [-0.2, 0) is 4.79 Å². The first-order chi connectivity index (χ1) is 5.85. The molecule has 0 rings (SSSR count). The zero-order valence-electron chi connectivity index (χ0n) is 8.51. The van der Waals surface area contributed by atoms with Gasteiger partial charge in [-0.3, -0.25) is 0 Å². The maximum Gasteiger partial charge on any atom is 0.120 e. The number of aldehydes is 1. The standard InChI is InChI=1S/C11H22O/c1-3-5-6-8-11(4-2)9-7-10-12/h10-11H,3-9H2,1-2H3. The van der Waals surface area contributed by atoms with Crippen LogP contribution in [0.1, 0.15) is 58.8 Å². The molecule has 0 saturated heterocycles. The van der Waals surface area contributed by atoms with E-state index < -0.39 is 0 Å². The van der Waals surface area contributed by atoms with Gasteiger partial charge in [0, 0.05) is 6.42 Å². The van der Waals surface area contributed by atoms with Gasteiger partial charge in [-0.25, -0.2) is 0 Å². The number of unbranched alkanes of at least 4 members (excludes halogenated alkanes) is 2. The van der Waals surface area contributed by atoms with Crippen LogP contribution >= 0.6 is 0 Å². The van der Waals surface area contributed by atoms with Crippen LogP contribution < -0.4 is 0 Å². The highest BCUT2D eigenvalue weighted by molar-refractivity contribution is 5.49. The fourth-order valence-corrected chi connectivity index (χ4v) is 1.54. The highest BCUT2D eigenvalue weighted by atomic mass is 16.1. The van der Waals surface area contributed by atoms with E-state index in [0.717, 1.165) is 25.0 Å². The third-order valence-corrected chi connectivity index (χ3v) is 2.49. The quantitative estimate of drug-likeness (QED) is 0.402. The average Bonchev–Trinajstić information content (AvgIpc) is 2.11. The Bertz CT molecular complexity index is 99.2. The highest BCUT2D eigenvalue weighted by Crippen LogP contribution is 2.18. The molecule has 0 fully saturated rings. The molecule has 12 heavy (non-hydrogen) atoms. The molecule has 0 heterocycles. The van der Waals surface area contributed by atoms with Crippen molar-refractivity contribution in [3.05, 3.63) is 0 Å². The summed E-state index contributed by atoms with van der Waals surface area (Å²) in [7, 11) is 0. The Morgan fingerprint density at radius 1 is 1.17 bits per heavy atom. The first kappa shape index (κ1) is 11.7. The molecule has 0 aromatic rings. The van der Waals surface area contributed by atoms with Crippen molar-refractivity contribution in [3.63, 3.8) is 0 Å². The number of carbonyl (C=O) groups excluding carboxylic acids is 1. The Morgan fingerprint density at radius 3 is 2.42 bits per heavy atom. The largest absolute Gasteiger partial charge is 0.303 e. The zero-order chi connectivity index (χ0) is 9.23. The van der Waals surface area contributed by atoms with Crippen LogP contribution in [0.2, 0.25) is 0 Å². The summed E-state index contributed by atoms with van der Waals surface area (Å²) in [6.07, 6.45) is 9.43. The van der Waals surface area contributed by atoms with Gasteiger partial charge < -0.3 is 4.79 Å². The summed E-state index contributed by atoms with van der Waals surface area (Å²) in [5.74, 6) is 0.793. The fraction of sp³-hybridized carbons (Fsp3) is 0.909. The predicted molar refractivity (Wildman–Crippen MR) is 53.2 cm³/mol. The third-order valence-electron chi connectivity index (χ3n) is 2.49. The van der Waals surface area contributed by atoms with Crippen LogP contribution in [0.4, 0.5) is 0 Å². The van der Waals surface area contributed by atoms with E-state index >= 15 is 0 Å². The Kier molecular flexibility index (Phi) is 8.52. The van der Waals surface area contributed by atoms with Gasteiger partial charge in [0.2, 0.25) is 0 Å². The topological polar surface area (TPSA) is 17.1 Å². The molecule has 0 amide bonds. The Labute approximate surface area is 76.6 Å². The van der Waals surface area contributed by atoms with E-state index in [-0.39, 0.29) is 0 Å². The molecule has 0 spiro atoms. The molecular weight excluding hydrogens is 148 g/mol. The minimum atomic E-state index is 0.755. The lowest BCUT2D eigenvalue weighted by molar-refractivity contribution is -0.108. The summed E-state index contributed by atoms with van der Waals surface area (Å²) in [6.45, 7) is 4.45. The monoisotopic (exact) mass is 170 g/mol. The fourth-order valence-electron chi connectivity index (χ4n) is 1.54. The van der Waals surface area contributed by atoms with Crippen molar-refractivity contribution in [2.24, 2.45) is 5.92 Å². The lowest BCUT2D eigenvalue weighted by Crippen LogP contribution is -1.99. The molecule has 0 aromatic heterocycles. The molecular formula is C11H22O. The van der Waals surface area contributed by atoms with Gasteiger partial charge in [-0.05, 0) is 12.3 Å². The van der Waals surface area contributed by atoms with E-state index in [0.29, 0.717) is 0 Å². The molecule has 0 aliphatic heterocycles. The lowest BCUT2D eigenvalue weighted by Gasteiger charge is -2.12. The van der Waals surface area contributed by atoms with Gasteiger partial charge in [0.05, 0.1) is 0 Å². The van der Waals surface area contributed by atoms with E-state index in [4.69, 9.17) is 0 Å². The summed E-state index contributed by atoms with van der Waals surface area (Å²) >= 11 is 0. The second kappa shape index (κ2) is 8.76. The van der Waals surface area contributed by atoms with Crippen LogP contribution in [0.15, 0.2) is 0 Å². The number of hydrogen-bond donors (Lipinski definition) is 0. The summed E-state index contributed by atoms with van der Waals surface area (Å²) < 4.78 is 0. The van der Waals surface area contributed by atoms with E-state index in [1.165, 1.54) is 32.1 Å². The van der Waals surface area contributed by atoms with Gasteiger partial charge in [0.1, 0.15) is 6.29 Å². The molecule has 1 heteroatoms. The van der Waals surface area contributed by atoms with Crippen LogP contribution in [0.3, 0.4) is 0 Å². The molecule has 0 bridgehead atoms. The van der Waals surface area contributed by atoms with Crippen LogP contribution in [0.5, 0.6) is 0 Å². The molecule has 1 atom stereocenters. The Balaban J connectivity index is 3.32. The number of hydrogen-bond acceptors (Lipinski definition) is 1. The minimum Gasteiger partial charge on any atom is -0.303 e. The van der Waals surface area contributed by atoms with E-state index in [2.05, 4.69) is 13.8 Å². The summed E-state index contributed by atoms with van der Waals surface area (Å²) in [4.78, 5) is 10.2. The van der Waals surface area contributed by atoms with Gasteiger partial charge >= 0.3 is 0 Å². The van der Waals surface area contributed by atoms with Gasteiger partial charge in [0.15, 0.2) is 0 Å². The van der Waals surface area contributed by atoms with Crippen molar-refractivity contribution in [1.29, 1.82) is 0 Å². The molecule has 0 aliphatic rings. The maximum atomic E-state index is 10.2. The Morgan fingerprint density at radius 2 is 1.92 bits per heavy atom. The molecule has 0 radical (unpaired) electrons. The molecule has 0 N–H and O–H groups in total. The zero-order valence-corrected chi connectivity index (χ0v) is 8.51. The smallest absolute Gasteiger partial charge is 0.120 e. The number of rotatable bonds is 8. The summed E-state index contributed by atoms with van der Waals surface area (Å²) in [6, 6.07) is 0. The minimum absolute atomic E-state index is 0.755. The van der Waals surface area contributed by atoms with Gasteiger partial charge in [-0.1, -0.05) is 46.0 Å². The van der Waals surface area contributed by atoms with Crippen molar-refractivity contribution in [3.8, 4) is 0 Å². The third kappa shape index (κ3) is 6.38. The lowest BCUT2D eigenvalue weighted by atomic mass is 9.94. The number of carbonyl (C=O) groups is 1. The van der Waals surface area contributed by atoms with E-state index in [9.17, 15) is 4.79 Å². The highest BCUT2D eigenvalue weighted by Gasteiger charge is 2.04. The second-order valence-corrected chi connectivity index (χ2v) is 3.51. The van der Waals surface area contributed by atoms with Crippen molar-refractivity contribution in [2.45, 2.75) is 58.8 Å². The van der Waals surface area contributed by atoms with Gasteiger partial charge in [0.25, 0.3) is 0 Å². The first-order valence-electron chi connectivity index (χ1n) is 5.28. The SMILES string of the molecule is CCCCCC(CC)CCC=O. The van der Waals surface area contributed by atoms with Crippen molar-refractivity contribution >= 4 is 6.29 Å². The van der Waals surface area contributed by atoms with E-state index in [1.54, 1.807) is 0 Å². The van der Waals surface area contributed by atoms with Crippen molar-refractivity contribution < 1.29 is 4.79 Å². The molecule has 0 saturated carbocycles. The van der Waals surface area contributed by atoms with Crippen LogP contribution in [0, 0.1) is 5.92 Å². The van der Waals surface area contributed by atoms with E-state index in [1.807, 2.05) is 0 Å².